The third kappa shape index (κ3) is 2.76. The van der Waals surface area contributed by atoms with Gasteiger partial charge in [0.1, 0.15) is 5.82 Å². The topological polar surface area (TPSA) is 67.1 Å². The van der Waals surface area contributed by atoms with E-state index in [2.05, 4.69) is 25.3 Å². The predicted octanol–water partition coefficient (Wildman–Crippen LogP) is 2.52. The molecule has 0 atom stereocenters. The maximum Gasteiger partial charge on any atom is 0.261 e. The van der Waals surface area contributed by atoms with Crippen LogP contribution in [-0.2, 0) is 0 Å². The highest BCUT2D eigenvalue weighted by Gasteiger charge is 2.20. The fourth-order valence-corrected chi connectivity index (χ4v) is 2.96. The van der Waals surface area contributed by atoms with Gasteiger partial charge < -0.3 is 14.7 Å². The minimum Gasteiger partial charge on any atom is -0.353 e. The molecule has 0 amide bonds. The Bertz CT molecular complexity index is 839. The zero-order valence-electron chi connectivity index (χ0n) is 13.6. The Labute approximate surface area is 140 Å². The van der Waals surface area contributed by atoms with Crippen molar-refractivity contribution in [1.29, 1.82) is 0 Å². The quantitative estimate of drug-likeness (QED) is 0.799. The van der Waals surface area contributed by atoms with Crippen LogP contribution in [0.5, 0.6) is 0 Å². The molecule has 0 radical (unpaired) electrons. The predicted molar refractivity (Wildman–Crippen MR) is 92.8 cm³/mol. The lowest BCUT2D eigenvalue weighted by Crippen LogP contribution is -2.44. The number of aromatic nitrogens is 3. The SMILES string of the molecule is Cc1ccccc1-c1noc(-c2cccnc2N2CCNCC2)n1. The first-order chi connectivity index (χ1) is 11.8. The number of benzene rings is 1. The second kappa shape index (κ2) is 6.41. The van der Waals surface area contributed by atoms with Crippen LogP contribution in [0.25, 0.3) is 22.8 Å². The summed E-state index contributed by atoms with van der Waals surface area (Å²) in [5.74, 6) is 2.02. The normalized spacial score (nSPS) is 14.8. The summed E-state index contributed by atoms with van der Waals surface area (Å²) in [6.07, 6.45) is 1.81. The molecule has 1 aliphatic rings. The number of hydrogen-bond acceptors (Lipinski definition) is 6. The number of rotatable bonds is 3. The minimum absolute atomic E-state index is 0.509. The van der Waals surface area contributed by atoms with Gasteiger partial charge >= 0.3 is 0 Å². The Morgan fingerprint density at radius 2 is 1.83 bits per heavy atom. The number of hydrogen-bond donors (Lipinski definition) is 1. The molecule has 1 saturated heterocycles. The zero-order chi connectivity index (χ0) is 16.4. The van der Waals surface area contributed by atoms with Crippen molar-refractivity contribution in [3.8, 4) is 22.8 Å². The second-order valence-electron chi connectivity index (χ2n) is 5.85. The second-order valence-corrected chi connectivity index (χ2v) is 5.85. The molecule has 6 nitrogen and oxygen atoms in total. The van der Waals surface area contributed by atoms with Crippen LogP contribution in [0, 0.1) is 6.92 Å². The third-order valence-electron chi connectivity index (χ3n) is 4.25. The van der Waals surface area contributed by atoms with Crippen molar-refractivity contribution in [2.24, 2.45) is 0 Å². The maximum atomic E-state index is 5.55. The van der Waals surface area contributed by atoms with E-state index in [-0.39, 0.29) is 0 Å². The molecular weight excluding hydrogens is 302 g/mol. The fraction of sp³-hybridized carbons (Fsp3) is 0.278. The summed E-state index contributed by atoms with van der Waals surface area (Å²) in [5.41, 5.74) is 2.99. The van der Waals surface area contributed by atoms with Gasteiger partial charge in [0.2, 0.25) is 5.82 Å². The Kier molecular flexibility index (Phi) is 3.96. The van der Waals surface area contributed by atoms with Crippen LogP contribution < -0.4 is 10.2 Å². The summed E-state index contributed by atoms with van der Waals surface area (Å²) in [7, 11) is 0. The molecule has 0 spiro atoms. The maximum absolute atomic E-state index is 5.55. The van der Waals surface area contributed by atoms with E-state index in [1.54, 1.807) is 6.20 Å². The molecule has 0 unspecified atom stereocenters. The van der Waals surface area contributed by atoms with E-state index in [0.717, 1.165) is 48.7 Å². The summed E-state index contributed by atoms with van der Waals surface area (Å²) < 4.78 is 5.55. The Balaban J connectivity index is 1.71. The number of pyridine rings is 1. The van der Waals surface area contributed by atoms with Crippen molar-refractivity contribution in [1.82, 2.24) is 20.4 Å². The lowest BCUT2D eigenvalue weighted by Gasteiger charge is -2.29. The van der Waals surface area contributed by atoms with E-state index < -0.39 is 0 Å². The highest BCUT2D eigenvalue weighted by Crippen LogP contribution is 2.30. The molecule has 0 saturated carbocycles. The molecular formula is C18H19N5O. The number of aryl methyl sites for hydroxylation is 1. The summed E-state index contributed by atoms with van der Waals surface area (Å²) in [5, 5.41) is 7.52. The smallest absolute Gasteiger partial charge is 0.261 e. The summed E-state index contributed by atoms with van der Waals surface area (Å²) in [4.78, 5) is 11.4. The van der Waals surface area contributed by atoms with Crippen molar-refractivity contribution >= 4 is 5.82 Å². The van der Waals surface area contributed by atoms with Crippen molar-refractivity contribution < 1.29 is 4.52 Å². The van der Waals surface area contributed by atoms with Gasteiger partial charge in [-0.15, -0.1) is 0 Å². The van der Waals surface area contributed by atoms with Crippen molar-refractivity contribution in [3.05, 3.63) is 48.2 Å². The van der Waals surface area contributed by atoms with Gasteiger partial charge in [-0.25, -0.2) is 4.98 Å². The van der Waals surface area contributed by atoms with Crippen molar-refractivity contribution in [2.45, 2.75) is 6.92 Å². The molecule has 122 valence electrons. The monoisotopic (exact) mass is 321 g/mol. The van der Waals surface area contributed by atoms with Gasteiger partial charge in [0.05, 0.1) is 5.56 Å². The van der Waals surface area contributed by atoms with E-state index in [9.17, 15) is 0 Å². The first kappa shape index (κ1) is 14.8. The zero-order valence-corrected chi connectivity index (χ0v) is 13.6. The van der Waals surface area contributed by atoms with Crippen LogP contribution in [0.4, 0.5) is 5.82 Å². The molecule has 2 aromatic heterocycles. The standard InChI is InChI=1S/C18H19N5O/c1-13-5-2-3-6-14(13)16-21-18(24-22-16)15-7-4-8-20-17(15)23-11-9-19-10-12-23/h2-8,19H,9-12H2,1H3. The number of piperazine rings is 1. The molecule has 0 aliphatic carbocycles. The molecule has 3 heterocycles. The van der Waals surface area contributed by atoms with E-state index in [1.807, 2.05) is 43.3 Å². The lowest BCUT2D eigenvalue weighted by atomic mass is 10.1. The Hall–Kier alpha value is -2.73. The summed E-state index contributed by atoms with van der Waals surface area (Å²) >= 11 is 0. The fourth-order valence-electron chi connectivity index (χ4n) is 2.96. The molecule has 0 bridgehead atoms. The number of nitrogens with zero attached hydrogens (tertiary/aromatic N) is 4. The Morgan fingerprint density at radius 3 is 2.67 bits per heavy atom. The van der Waals surface area contributed by atoms with Gasteiger partial charge in [0.15, 0.2) is 0 Å². The van der Waals surface area contributed by atoms with Crippen LogP contribution in [0.2, 0.25) is 0 Å². The average molecular weight is 321 g/mol. The molecule has 1 aliphatic heterocycles. The summed E-state index contributed by atoms with van der Waals surface area (Å²) in [6.45, 7) is 5.79. The largest absolute Gasteiger partial charge is 0.353 e. The molecule has 6 heteroatoms. The van der Waals surface area contributed by atoms with Crippen molar-refractivity contribution in [3.63, 3.8) is 0 Å². The van der Waals surface area contributed by atoms with E-state index in [4.69, 9.17) is 4.52 Å². The lowest BCUT2D eigenvalue weighted by molar-refractivity contribution is 0.432. The third-order valence-corrected chi connectivity index (χ3v) is 4.25. The van der Waals surface area contributed by atoms with Gasteiger partial charge in [-0.2, -0.15) is 4.98 Å². The highest BCUT2D eigenvalue weighted by atomic mass is 16.5. The van der Waals surface area contributed by atoms with Crippen LogP contribution in [0.15, 0.2) is 47.1 Å². The van der Waals surface area contributed by atoms with Gasteiger partial charge in [-0.05, 0) is 24.6 Å². The van der Waals surface area contributed by atoms with Gasteiger partial charge in [-0.1, -0.05) is 29.4 Å². The van der Waals surface area contributed by atoms with Crippen LogP contribution in [-0.4, -0.2) is 41.3 Å². The molecule has 4 rings (SSSR count). The van der Waals surface area contributed by atoms with E-state index >= 15 is 0 Å². The highest BCUT2D eigenvalue weighted by molar-refractivity contribution is 5.71. The first-order valence-corrected chi connectivity index (χ1v) is 8.14. The van der Waals surface area contributed by atoms with Crippen LogP contribution in [0.1, 0.15) is 5.56 Å². The van der Waals surface area contributed by atoms with Crippen LogP contribution in [0.3, 0.4) is 0 Å². The van der Waals surface area contributed by atoms with Gasteiger partial charge in [-0.3, -0.25) is 0 Å². The molecule has 3 aromatic rings. The van der Waals surface area contributed by atoms with Crippen LogP contribution >= 0.6 is 0 Å². The van der Waals surface area contributed by atoms with Gasteiger partial charge in [0, 0.05) is 37.9 Å². The number of nitrogens with one attached hydrogen (secondary N) is 1. The van der Waals surface area contributed by atoms with Crippen molar-refractivity contribution in [2.75, 3.05) is 31.1 Å². The minimum atomic E-state index is 0.509. The molecule has 24 heavy (non-hydrogen) atoms. The number of anilines is 1. The van der Waals surface area contributed by atoms with Gasteiger partial charge in [0.25, 0.3) is 5.89 Å². The molecule has 1 aromatic carbocycles. The molecule has 1 fully saturated rings. The van der Waals surface area contributed by atoms with E-state index in [0.29, 0.717) is 11.7 Å². The molecule has 1 N–H and O–H groups in total. The Morgan fingerprint density at radius 1 is 1.04 bits per heavy atom. The first-order valence-electron chi connectivity index (χ1n) is 8.14. The average Bonchev–Trinajstić information content (AvgIpc) is 3.12. The van der Waals surface area contributed by atoms with E-state index in [1.165, 1.54) is 0 Å². The summed E-state index contributed by atoms with van der Waals surface area (Å²) in [6, 6.07) is 11.9.